The Bertz CT molecular complexity index is 313. The summed E-state index contributed by atoms with van der Waals surface area (Å²) in [6.07, 6.45) is 0.799. The van der Waals surface area contributed by atoms with E-state index in [2.05, 4.69) is 21.2 Å². The smallest absolute Gasteiger partial charge is 0.234 e. The maximum atomic E-state index is 11.6. The van der Waals surface area contributed by atoms with Gasteiger partial charge in [-0.2, -0.15) is 0 Å². The van der Waals surface area contributed by atoms with E-state index in [9.17, 15) is 4.79 Å². The number of carbonyl (C=O) groups is 1. The van der Waals surface area contributed by atoms with Gasteiger partial charge in [-0.3, -0.25) is 4.79 Å². The SMILES string of the molecule is CC[C@@H](Br)C(=O)N[C@H](C)c1ccccc1. The first-order valence-corrected chi connectivity index (χ1v) is 6.06. The highest BCUT2D eigenvalue weighted by Crippen LogP contribution is 2.13. The molecule has 1 aromatic rings. The summed E-state index contributed by atoms with van der Waals surface area (Å²) in [5.41, 5.74) is 1.13. The number of benzene rings is 1. The molecule has 1 rings (SSSR count). The van der Waals surface area contributed by atoms with Crippen molar-refractivity contribution in [3.8, 4) is 0 Å². The van der Waals surface area contributed by atoms with E-state index in [0.717, 1.165) is 12.0 Å². The second-order valence-electron chi connectivity index (χ2n) is 3.52. The Morgan fingerprint density at radius 2 is 2.00 bits per heavy atom. The third kappa shape index (κ3) is 3.67. The van der Waals surface area contributed by atoms with E-state index in [1.807, 2.05) is 44.2 Å². The first-order valence-electron chi connectivity index (χ1n) is 5.14. The van der Waals surface area contributed by atoms with Crippen LogP contribution in [0.5, 0.6) is 0 Å². The zero-order chi connectivity index (χ0) is 11.3. The average molecular weight is 270 g/mol. The maximum absolute atomic E-state index is 11.6. The van der Waals surface area contributed by atoms with E-state index in [1.54, 1.807) is 0 Å². The van der Waals surface area contributed by atoms with Gasteiger partial charge in [0.25, 0.3) is 0 Å². The average Bonchev–Trinajstić information content (AvgIpc) is 2.29. The van der Waals surface area contributed by atoms with Gasteiger partial charge in [0, 0.05) is 0 Å². The molecule has 0 unspecified atom stereocenters. The Morgan fingerprint density at radius 1 is 1.40 bits per heavy atom. The fraction of sp³-hybridized carbons (Fsp3) is 0.417. The fourth-order valence-corrected chi connectivity index (χ4v) is 1.45. The number of hydrogen-bond acceptors (Lipinski definition) is 1. The van der Waals surface area contributed by atoms with Crippen molar-refractivity contribution in [2.24, 2.45) is 0 Å². The molecule has 0 aliphatic rings. The number of amides is 1. The molecule has 0 aromatic heterocycles. The summed E-state index contributed by atoms with van der Waals surface area (Å²) < 4.78 is 0. The van der Waals surface area contributed by atoms with Crippen molar-refractivity contribution in [3.05, 3.63) is 35.9 Å². The molecule has 1 amide bonds. The molecule has 1 N–H and O–H groups in total. The number of carbonyl (C=O) groups excluding carboxylic acids is 1. The van der Waals surface area contributed by atoms with Gasteiger partial charge in [-0.05, 0) is 18.9 Å². The van der Waals surface area contributed by atoms with Crippen LogP contribution in [-0.2, 0) is 4.79 Å². The highest BCUT2D eigenvalue weighted by molar-refractivity contribution is 9.10. The molecule has 0 bridgehead atoms. The zero-order valence-corrected chi connectivity index (χ0v) is 10.6. The Balaban J connectivity index is 2.56. The van der Waals surface area contributed by atoms with Crippen molar-refractivity contribution in [2.45, 2.75) is 31.1 Å². The Labute approximate surface area is 99.2 Å². The fourth-order valence-electron chi connectivity index (χ4n) is 1.31. The number of hydrogen-bond donors (Lipinski definition) is 1. The third-order valence-electron chi connectivity index (χ3n) is 2.30. The van der Waals surface area contributed by atoms with Gasteiger partial charge in [0.2, 0.25) is 5.91 Å². The van der Waals surface area contributed by atoms with Crippen LogP contribution in [0.4, 0.5) is 0 Å². The van der Waals surface area contributed by atoms with Crippen LogP contribution in [0.25, 0.3) is 0 Å². The monoisotopic (exact) mass is 269 g/mol. The normalized spacial score (nSPS) is 14.3. The molecular formula is C12H16BrNO. The first kappa shape index (κ1) is 12.2. The molecule has 2 nitrogen and oxygen atoms in total. The van der Waals surface area contributed by atoms with Gasteiger partial charge in [0.15, 0.2) is 0 Å². The zero-order valence-electron chi connectivity index (χ0n) is 9.03. The predicted octanol–water partition coefficient (Wildman–Crippen LogP) is 3.04. The van der Waals surface area contributed by atoms with Crippen molar-refractivity contribution < 1.29 is 4.79 Å². The lowest BCUT2D eigenvalue weighted by molar-refractivity contribution is -0.121. The van der Waals surface area contributed by atoms with Gasteiger partial charge in [-0.25, -0.2) is 0 Å². The van der Waals surface area contributed by atoms with Crippen LogP contribution in [-0.4, -0.2) is 10.7 Å². The largest absolute Gasteiger partial charge is 0.349 e. The van der Waals surface area contributed by atoms with Crippen molar-refractivity contribution in [1.82, 2.24) is 5.32 Å². The van der Waals surface area contributed by atoms with Crippen molar-refractivity contribution >= 4 is 21.8 Å². The molecule has 3 heteroatoms. The highest BCUT2D eigenvalue weighted by Gasteiger charge is 2.15. The third-order valence-corrected chi connectivity index (χ3v) is 3.36. The summed E-state index contributed by atoms with van der Waals surface area (Å²) in [7, 11) is 0. The number of alkyl halides is 1. The van der Waals surface area contributed by atoms with Crippen molar-refractivity contribution in [3.63, 3.8) is 0 Å². The van der Waals surface area contributed by atoms with Crippen molar-refractivity contribution in [2.75, 3.05) is 0 Å². The topological polar surface area (TPSA) is 29.1 Å². The number of nitrogens with one attached hydrogen (secondary N) is 1. The summed E-state index contributed by atoms with van der Waals surface area (Å²) in [6.45, 7) is 3.97. The van der Waals surface area contributed by atoms with Gasteiger partial charge in [0.05, 0.1) is 10.9 Å². The standard InChI is InChI=1S/C12H16BrNO/c1-3-11(13)12(15)14-9(2)10-7-5-4-6-8-10/h4-9,11H,3H2,1-2H3,(H,14,15)/t9-,11-/m1/s1. The molecule has 0 heterocycles. The Hall–Kier alpha value is -0.830. The van der Waals surface area contributed by atoms with Crippen LogP contribution < -0.4 is 5.32 Å². The molecule has 0 saturated heterocycles. The molecule has 0 aliphatic heterocycles. The second kappa shape index (κ2) is 5.91. The van der Waals surface area contributed by atoms with E-state index >= 15 is 0 Å². The van der Waals surface area contributed by atoms with E-state index in [1.165, 1.54) is 0 Å². The van der Waals surface area contributed by atoms with Gasteiger partial charge in [-0.15, -0.1) is 0 Å². The molecule has 15 heavy (non-hydrogen) atoms. The quantitative estimate of drug-likeness (QED) is 0.837. The summed E-state index contributed by atoms with van der Waals surface area (Å²) in [6, 6.07) is 10.0. The Morgan fingerprint density at radius 3 is 2.53 bits per heavy atom. The molecule has 82 valence electrons. The van der Waals surface area contributed by atoms with E-state index in [-0.39, 0.29) is 16.8 Å². The molecule has 0 radical (unpaired) electrons. The summed E-state index contributed by atoms with van der Waals surface area (Å²) >= 11 is 3.33. The lowest BCUT2D eigenvalue weighted by atomic mass is 10.1. The second-order valence-corrected chi connectivity index (χ2v) is 4.62. The van der Waals surface area contributed by atoms with Gasteiger partial charge in [-0.1, -0.05) is 53.2 Å². The molecule has 0 fully saturated rings. The van der Waals surface area contributed by atoms with Crippen LogP contribution >= 0.6 is 15.9 Å². The minimum Gasteiger partial charge on any atom is -0.349 e. The van der Waals surface area contributed by atoms with Gasteiger partial charge < -0.3 is 5.32 Å². The lowest BCUT2D eigenvalue weighted by Crippen LogP contribution is -2.32. The summed E-state index contributed by atoms with van der Waals surface area (Å²) in [5, 5.41) is 2.96. The molecule has 1 aromatic carbocycles. The lowest BCUT2D eigenvalue weighted by Gasteiger charge is -2.16. The minimum absolute atomic E-state index is 0.0499. The highest BCUT2D eigenvalue weighted by atomic mass is 79.9. The van der Waals surface area contributed by atoms with Crippen LogP contribution in [0.1, 0.15) is 31.9 Å². The molecule has 0 saturated carbocycles. The van der Waals surface area contributed by atoms with Crippen LogP contribution in [0.2, 0.25) is 0 Å². The molecular weight excluding hydrogens is 254 g/mol. The molecule has 0 aliphatic carbocycles. The van der Waals surface area contributed by atoms with Crippen LogP contribution in [0.3, 0.4) is 0 Å². The number of rotatable bonds is 4. The van der Waals surface area contributed by atoms with E-state index in [0.29, 0.717) is 0 Å². The van der Waals surface area contributed by atoms with E-state index in [4.69, 9.17) is 0 Å². The summed E-state index contributed by atoms with van der Waals surface area (Å²) in [5.74, 6) is 0.0499. The predicted molar refractivity (Wildman–Crippen MR) is 66.0 cm³/mol. The number of halogens is 1. The first-order chi connectivity index (χ1) is 7.15. The van der Waals surface area contributed by atoms with Crippen LogP contribution in [0.15, 0.2) is 30.3 Å². The summed E-state index contributed by atoms with van der Waals surface area (Å²) in [4.78, 5) is 11.5. The molecule has 0 spiro atoms. The maximum Gasteiger partial charge on any atom is 0.234 e. The van der Waals surface area contributed by atoms with Crippen LogP contribution in [0, 0.1) is 0 Å². The van der Waals surface area contributed by atoms with Gasteiger partial charge >= 0.3 is 0 Å². The van der Waals surface area contributed by atoms with E-state index < -0.39 is 0 Å². The van der Waals surface area contributed by atoms with Crippen molar-refractivity contribution in [1.29, 1.82) is 0 Å². The van der Waals surface area contributed by atoms with Gasteiger partial charge in [0.1, 0.15) is 0 Å². The minimum atomic E-state index is -0.0938. The molecule has 2 atom stereocenters. The Kier molecular flexibility index (Phi) is 4.82.